The first kappa shape index (κ1) is 13.6. The summed E-state index contributed by atoms with van der Waals surface area (Å²) in [4.78, 5) is 2.36. The molecule has 4 nitrogen and oxygen atoms in total. The Morgan fingerprint density at radius 2 is 2.39 bits per heavy atom. The minimum Gasteiger partial charge on any atom is -0.468 e. The lowest BCUT2D eigenvalue weighted by Crippen LogP contribution is -2.42. The summed E-state index contributed by atoms with van der Waals surface area (Å²) in [5, 5.41) is 0. The van der Waals surface area contributed by atoms with E-state index in [1.165, 1.54) is 6.42 Å². The minimum absolute atomic E-state index is 0.0394. The van der Waals surface area contributed by atoms with E-state index in [1.54, 1.807) is 6.26 Å². The molecular formula is C14H24N2O2. The molecular weight excluding hydrogens is 228 g/mol. The molecule has 1 aliphatic rings. The predicted molar refractivity (Wildman–Crippen MR) is 71.3 cm³/mol. The molecule has 0 saturated carbocycles. The summed E-state index contributed by atoms with van der Waals surface area (Å²) in [6.07, 6.45) is 4.39. The Balaban J connectivity index is 2.06. The molecule has 2 rings (SSSR count). The first-order valence-corrected chi connectivity index (χ1v) is 6.87. The summed E-state index contributed by atoms with van der Waals surface area (Å²) < 4.78 is 11.3. The van der Waals surface area contributed by atoms with Crippen molar-refractivity contribution >= 4 is 0 Å². The van der Waals surface area contributed by atoms with Gasteiger partial charge in [0.15, 0.2) is 0 Å². The third-order valence-electron chi connectivity index (χ3n) is 3.59. The van der Waals surface area contributed by atoms with Gasteiger partial charge in [-0.2, -0.15) is 0 Å². The average Bonchev–Trinajstić information content (AvgIpc) is 3.00. The number of hydrogen-bond donors (Lipinski definition) is 1. The highest BCUT2D eigenvalue weighted by molar-refractivity contribution is 5.07. The van der Waals surface area contributed by atoms with Crippen LogP contribution >= 0.6 is 0 Å². The Morgan fingerprint density at radius 3 is 2.89 bits per heavy atom. The molecule has 2 heterocycles. The van der Waals surface area contributed by atoms with Crippen LogP contribution in [-0.2, 0) is 4.74 Å². The Hall–Kier alpha value is -0.840. The van der Waals surface area contributed by atoms with Gasteiger partial charge in [0.2, 0.25) is 0 Å². The molecule has 0 radical (unpaired) electrons. The molecule has 3 unspecified atom stereocenters. The lowest BCUT2D eigenvalue weighted by molar-refractivity contribution is 0.0499. The topological polar surface area (TPSA) is 51.6 Å². The zero-order valence-electron chi connectivity index (χ0n) is 11.3. The van der Waals surface area contributed by atoms with Gasteiger partial charge < -0.3 is 14.9 Å². The number of rotatable bonds is 6. The zero-order chi connectivity index (χ0) is 13.0. The van der Waals surface area contributed by atoms with Crippen LogP contribution in [0.3, 0.4) is 0 Å². The summed E-state index contributed by atoms with van der Waals surface area (Å²) in [6.45, 7) is 6.97. The van der Waals surface area contributed by atoms with Gasteiger partial charge in [0.25, 0.3) is 0 Å². The van der Waals surface area contributed by atoms with E-state index >= 15 is 0 Å². The second kappa shape index (κ2) is 6.36. The maximum absolute atomic E-state index is 6.14. The molecule has 1 saturated heterocycles. The molecule has 0 aliphatic carbocycles. The Morgan fingerprint density at radius 1 is 1.56 bits per heavy atom. The van der Waals surface area contributed by atoms with Gasteiger partial charge in [-0.15, -0.1) is 0 Å². The van der Waals surface area contributed by atoms with Gasteiger partial charge in [0, 0.05) is 19.2 Å². The summed E-state index contributed by atoms with van der Waals surface area (Å²) in [6, 6.07) is 4.10. The lowest BCUT2D eigenvalue weighted by Gasteiger charge is -2.33. The van der Waals surface area contributed by atoms with Crippen LogP contribution < -0.4 is 5.73 Å². The summed E-state index contributed by atoms with van der Waals surface area (Å²) in [5.41, 5.74) is 6.14. The molecule has 18 heavy (non-hydrogen) atoms. The van der Waals surface area contributed by atoms with Crippen LogP contribution in [-0.4, -0.2) is 36.7 Å². The number of nitrogens with two attached hydrogens (primary N) is 1. The average molecular weight is 252 g/mol. The van der Waals surface area contributed by atoms with Gasteiger partial charge in [0.1, 0.15) is 5.76 Å². The van der Waals surface area contributed by atoms with Crippen molar-refractivity contribution in [2.24, 2.45) is 5.73 Å². The maximum Gasteiger partial charge on any atom is 0.122 e. The second-order valence-corrected chi connectivity index (χ2v) is 5.04. The number of furan rings is 1. The van der Waals surface area contributed by atoms with Gasteiger partial charge in [-0.3, -0.25) is 4.90 Å². The minimum atomic E-state index is 0.0394. The van der Waals surface area contributed by atoms with Crippen LogP contribution in [0.25, 0.3) is 0 Å². The van der Waals surface area contributed by atoms with Crippen molar-refractivity contribution in [3.63, 3.8) is 0 Å². The molecule has 1 aliphatic heterocycles. The number of nitrogens with zero attached hydrogens (tertiary/aromatic N) is 1. The molecule has 2 N–H and O–H groups in total. The monoisotopic (exact) mass is 252 g/mol. The third kappa shape index (κ3) is 3.13. The molecule has 102 valence electrons. The largest absolute Gasteiger partial charge is 0.468 e. The van der Waals surface area contributed by atoms with Crippen molar-refractivity contribution < 1.29 is 9.15 Å². The lowest BCUT2D eigenvalue weighted by atomic mass is 10.0. The first-order chi connectivity index (χ1) is 8.72. The van der Waals surface area contributed by atoms with E-state index in [4.69, 9.17) is 14.9 Å². The predicted octanol–water partition coefficient (Wildman–Crippen LogP) is 2.17. The highest BCUT2D eigenvalue weighted by Crippen LogP contribution is 2.25. The van der Waals surface area contributed by atoms with Crippen LogP contribution in [0.15, 0.2) is 22.8 Å². The first-order valence-electron chi connectivity index (χ1n) is 6.87. The van der Waals surface area contributed by atoms with Gasteiger partial charge in [-0.1, -0.05) is 6.92 Å². The molecule has 0 bridgehead atoms. The quantitative estimate of drug-likeness (QED) is 0.843. The molecule has 1 aromatic rings. The highest BCUT2D eigenvalue weighted by Gasteiger charge is 2.28. The smallest absolute Gasteiger partial charge is 0.122 e. The van der Waals surface area contributed by atoms with E-state index in [2.05, 4.69) is 11.8 Å². The molecule has 1 fully saturated rings. The Bertz CT molecular complexity index is 332. The fourth-order valence-electron chi connectivity index (χ4n) is 2.72. The third-order valence-corrected chi connectivity index (χ3v) is 3.59. The molecule has 0 spiro atoms. The van der Waals surface area contributed by atoms with Crippen molar-refractivity contribution in [1.82, 2.24) is 4.90 Å². The van der Waals surface area contributed by atoms with E-state index in [0.717, 1.165) is 31.9 Å². The zero-order valence-corrected chi connectivity index (χ0v) is 11.3. The molecule has 0 aromatic carbocycles. The van der Waals surface area contributed by atoms with E-state index in [-0.39, 0.29) is 12.1 Å². The Kier molecular flexibility index (Phi) is 4.80. The van der Waals surface area contributed by atoms with Crippen LogP contribution in [0, 0.1) is 0 Å². The highest BCUT2D eigenvalue weighted by atomic mass is 16.5. The number of hydrogen-bond acceptors (Lipinski definition) is 4. The fourth-order valence-corrected chi connectivity index (χ4v) is 2.72. The van der Waals surface area contributed by atoms with Crippen molar-refractivity contribution in [3.05, 3.63) is 24.2 Å². The fraction of sp³-hybridized carbons (Fsp3) is 0.714. The normalized spacial score (nSPS) is 23.4. The van der Waals surface area contributed by atoms with E-state index in [9.17, 15) is 0 Å². The molecule has 1 aromatic heterocycles. The molecule has 3 atom stereocenters. The van der Waals surface area contributed by atoms with Crippen LogP contribution in [0.1, 0.15) is 38.5 Å². The van der Waals surface area contributed by atoms with Crippen LogP contribution in [0.4, 0.5) is 0 Å². The van der Waals surface area contributed by atoms with Gasteiger partial charge in [-0.25, -0.2) is 0 Å². The van der Waals surface area contributed by atoms with Crippen molar-refractivity contribution in [2.75, 3.05) is 19.7 Å². The second-order valence-electron chi connectivity index (χ2n) is 5.04. The molecule has 4 heteroatoms. The standard InChI is InChI=1S/C14H24N2O2/c1-3-16(10-12-6-4-8-17-12)14(11(2)15)13-7-5-9-18-13/h5,7,9,11-12,14H,3-4,6,8,10,15H2,1-2H3. The summed E-state index contributed by atoms with van der Waals surface area (Å²) in [5.74, 6) is 0.949. The van der Waals surface area contributed by atoms with Gasteiger partial charge >= 0.3 is 0 Å². The maximum atomic E-state index is 6.14. The van der Waals surface area contributed by atoms with E-state index < -0.39 is 0 Å². The van der Waals surface area contributed by atoms with Crippen molar-refractivity contribution in [3.8, 4) is 0 Å². The number of ether oxygens (including phenoxy) is 1. The van der Waals surface area contributed by atoms with Gasteiger partial charge in [-0.05, 0) is 38.4 Å². The number of likely N-dealkylation sites (N-methyl/N-ethyl adjacent to an activating group) is 1. The van der Waals surface area contributed by atoms with E-state index in [0.29, 0.717) is 6.10 Å². The summed E-state index contributed by atoms with van der Waals surface area (Å²) in [7, 11) is 0. The van der Waals surface area contributed by atoms with Crippen molar-refractivity contribution in [2.45, 2.75) is 44.9 Å². The Labute approximate surface area is 109 Å². The molecule has 0 amide bonds. The summed E-state index contributed by atoms with van der Waals surface area (Å²) >= 11 is 0. The van der Waals surface area contributed by atoms with Crippen molar-refractivity contribution in [1.29, 1.82) is 0 Å². The van der Waals surface area contributed by atoms with Crippen LogP contribution in [0.5, 0.6) is 0 Å². The van der Waals surface area contributed by atoms with E-state index in [1.807, 2.05) is 19.1 Å². The SMILES string of the molecule is CCN(CC1CCCO1)C(c1ccco1)C(C)N. The van der Waals surface area contributed by atoms with Crippen LogP contribution in [0.2, 0.25) is 0 Å². The van der Waals surface area contributed by atoms with Gasteiger partial charge in [0.05, 0.1) is 18.4 Å².